The zero-order valence-corrected chi connectivity index (χ0v) is 18.5. The minimum absolute atomic E-state index is 0.0818. The molecule has 0 aliphatic heterocycles. The summed E-state index contributed by atoms with van der Waals surface area (Å²) in [6, 6.07) is 13.6. The first-order chi connectivity index (χ1) is 16.0. The maximum absolute atomic E-state index is 12.4. The Morgan fingerprint density at radius 1 is 1.09 bits per heavy atom. The molecule has 3 aromatic rings. The van der Waals surface area contributed by atoms with Crippen LogP contribution in [0, 0.1) is 0 Å². The van der Waals surface area contributed by atoms with E-state index >= 15 is 0 Å². The van der Waals surface area contributed by atoms with Gasteiger partial charge in [0.1, 0.15) is 17.3 Å². The highest BCUT2D eigenvalue weighted by Gasteiger charge is 2.10. The molecule has 11 heteroatoms. The summed E-state index contributed by atoms with van der Waals surface area (Å²) in [6.45, 7) is 2.47. The number of nitrogens with zero attached hydrogens (tertiary/aromatic N) is 3. The third-order valence-corrected chi connectivity index (χ3v) is 4.64. The van der Waals surface area contributed by atoms with Crippen LogP contribution in [0.4, 0.5) is 0 Å². The standard InChI is InChI=1S/C22H21N5O5S/c1-2-32-18-8-6-16(7-9-18)19-12-23-13-20(26-19)22(29)27-25-11-15-4-3-5-17(10-15)21(28)24-14-33(30)31/h3-13,33H,2,14H2,1H3,(H,24,28)(H,27,29)/b25-11+. The van der Waals surface area contributed by atoms with Gasteiger partial charge >= 0.3 is 0 Å². The first-order valence-corrected chi connectivity index (χ1v) is 11.2. The topological polar surface area (TPSA) is 140 Å². The van der Waals surface area contributed by atoms with E-state index in [2.05, 4.69) is 25.8 Å². The summed E-state index contributed by atoms with van der Waals surface area (Å²) in [5.74, 6) is -0.798. The number of benzene rings is 2. The third kappa shape index (κ3) is 6.94. The molecule has 0 radical (unpaired) electrons. The summed E-state index contributed by atoms with van der Waals surface area (Å²) >= 11 is 0. The van der Waals surface area contributed by atoms with Crippen molar-refractivity contribution in [3.8, 4) is 17.0 Å². The lowest BCUT2D eigenvalue weighted by molar-refractivity contribution is 0.0945. The van der Waals surface area contributed by atoms with E-state index in [1.54, 1.807) is 18.3 Å². The number of hydrazone groups is 1. The Bertz CT molecular complexity index is 1230. The number of ether oxygens (including phenoxy) is 1. The average Bonchev–Trinajstić information content (AvgIpc) is 2.83. The first kappa shape index (κ1) is 23.5. The number of hydrogen-bond acceptors (Lipinski definition) is 8. The van der Waals surface area contributed by atoms with Crippen molar-refractivity contribution in [2.24, 2.45) is 5.10 Å². The number of hydrogen-bond donors (Lipinski definition) is 3. The minimum Gasteiger partial charge on any atom is -0.494 e. The van der Waals surface area contributed by atoms with Crippen LogP contribution in [-0.2, 0) is 10.7 Å². The van der Waals surface area contributed by atoms with E-state index in [-0.39, 0.29) is 11.3 Å². The van der Waals surface area contributed by atoms with Gasteiger partial charge in [0.2, 0.25) is 0 Å². The molecule has 2 N–H and O–H groups in total. The summed E-state index contributed by atoms with van der Waals surface area (Å²) in [5.41, 5.74) is 4.54. The van der Waals surface area contributed by atoms with Crippen molar-refractivity contribution in [3.63, 3.8) is 0 Å². The number of rotatable bonds is 9. The van der Waals surface area contributed by atoms with E-state index in [4.69, 9.17) is 4.74 Å². The fraction of sp³-hybridized carbons (Fsp3) is 0.136. The van der Waals surface area contributed by atoms with E-state index < -0.39 is 28.4 Å². The second-order valence-electron chi connectivity index (χ2n) is 6.57. The quantitative estimate of drug-likeness (QED) is 0.247. The minimum atomic E-state index is -2.71. The molecule has 0 bridgehead atoms. The van der Waals surface area contributed by atoms with E-state index in [1.165, 1.54) is 24.5 Å². The SMILES string of the molecule is CCOc1ccc(-c2cncc(C(=O)N/N=C/c3cccc(C(=O)NC[SH](=O)=O)c3)n2)cc1. The second-order valence-corrected chi connectivity index (χ2v) is 7.55. The number of aromatic nitrogens is 2. The number of carbonyl (C=O) groups is 2. The van der Waals surface area contributed by atoms with Crippen molar-refractivity contribution >= 4 is 28.7 Å². The molecule has 2 aromatic carbocycles. The lowest BCUT2D eigenvalue weighted by Gasteiger charge is -2.06. The largest absolute Gasteiger partial charge is 0.494 e. The maximum atomic E-state index is 12.4. The normalized spacial score (nSPS) is 10.8. The summed E-state index contributed by atoms with van der Waals surface area (Å²) in [7, 11) is -2.71. The molecule has 0 aliphatic carbocycles. The van der Waals surface area contributed by atoms with Gasteiger partial charge in [0.15, 0.2) is 10.7 Å². The van der Waals surface area contributed by atoms with Gasteiger partial charge in [-0.1, -0.05) is 12.1 Å². The molecule has 0 saturated heterocycles. The molecule has 0 unspecified atom stereocenters. The molecule has 2 amide bonds. The van der Waals surface area contributed by atoms with Crippen molar-refractivity contribution in [2.75, 3.05) is 12.5 Å². The van der Waals surface area contributed by atoms with Crippen LogP contribution in [0.15, 0.2) is 66.0 Å². The lowest BCUT2D eigenvalue weighted by Crippen LogP contribution is -2.25. The smallest absolute Gasteiger partial charge is 0.291 e. The van der Waals surface area contributed by atoms with E-state index in [0.29, 0.717) is 17.9 Å². The summed E-state index contributed by atoms with van der Waals surface area (Å²) < 4.78 is 26.6. The molecule has 3 rings (SSSR count). The van der Waals surface area contributed by atoms with Crippen molar-refractivity contribution in [1.82, 2.24) is 20.7 Å². The van der Waals surface area contributed by atoms with Crippen LogP contribution >= 0.6 is 0 Å². The van der Waals surface area contributed by atoms with Gasteiger partial charge in [-0.3, -0.25) is 14.6 Å². The predicted molar refractivity (Wildman–Crippen MR) is 123 cm³/mol. The van der Waals surface area contributed by atoms with Gasteiger partial charge in [0, 0.05) is 11.1 Å². The molecule has 0 spiro atoms. The highest BCUT2D eigenvalue weighted by molar-refractivity contribution is 7.72. The van der Waals surface area contributed by atoms with Gasteiger partial charge in [-0.15, -0.1) is 0 Å². The van der Waals surface area contributed by atoms with Crippen LogP contribution in [0.5, 0.6) is 5.75 Å². The van der Waals surface area contributed by atoms with Crippen LogP contribution < -0.4 is 15.5 Å². The van der Waals surface area contributed by atoms with Crippen molar-refractivity contribution in [1.29, 1.82) is 0 Å². The average molecular weight is 468 g/mol. The number of carbonyl (C=O) groups excluding carboxylic acids is 2. The van der Waals surface area contributed by atoms with Crippen molar-refractivity contribution in [2.45, 2.75) is 6.92 Å². The fourth-order valence-corrected chi connectivity index (χ4v) is 3.00. The van der Waals surface area contributed by atoms with Gasteiger partial charge in [-0.2, -0.15) is 5.10 Å². The first-order valence-electron chi connectivity index (χ1n) is 9.85. The summed E-state index contributed by atoms with van der Waals surface area (Å²) in [6.07, 6.45) is 4.23. The van der Waals surface area contributed by atoms with Crippen LogP contribution in [0.1, 0.15) is 33.3 Å². The zero-order chi connectivity index (χ0) is 23.6. The molecular formula is C22H21N5O5S. The van der Waals surface area contributed by atoms with Crippen LogP contribution in [-0.4, -0.2) is 48.9 Å². The molecule has 170 valence electrons. The van der Waals surface area contributed by atoms with Crippen molar-refractivity contribution < 1.29 is 22.7 Å². The van der Waals surface area contributed by atoms with Crippen LogP contribution in [0.3, 0.4) is 0 Å². The highest BCUT2D eigenvalue weighted by atomic mass is 32.2. The monoisotopic (exact) mass is 467 g/mol. The Morgan fingerprint density at radius 2 is 1.88 bits per heavy atom. The molecular weight excluding hydrogens is 446 g/mol. The third-order valence-electron chi connectivity index (χ3n) is 4.23. The van der Waals surface area contributed by atoms with E-state index in [1.807, 2.05) is 31.2 Å². The highest BCUT2D eigenvalue weighted by Crippen LogP contribution is 2.20. The van der Waals surface area contributed by atoms with E-state index in [0.717, 1.165) is 11.3 Å². The fourth-order valence-electron chi connectivity index (χ4n) is 2.72. The number of thiol groups is 1. The van der Waals surface area contributed by atoms with Crippen molar-refractivity contribution in [3.05, 3.63) is 77.7 Å². The van der Waals surface area contributed by atoms with Gasteiger partial charge < -0.3 is 10.1 Å². The van der Waals surface area contributed by atoms with Gasteiger partial charge in [-0.25, -0.2) is 18.8 Å². The summed E-state index contributed by atoms with van der Waals surface area (Å²) in [4.78, 5) is 32.8. The number of amides is 2. The Balaban J connectivity index is 1.64. The molecule has 1 heterocycles. The molecule has 0 saturated carbocycles. The molecule has 33 heavy (non-hydrogen) atoms. The van der Waals surface area contributed by atoms with Gasteiger partial charge in [0.05, 0.1) is 30.9 Å². The Kier molecular flexibility index (Phi) is 8.19. The van der Waals surface area contributed by atoms with E-state index in [9.17, 15) is 18.0 Å². The molecule has 0 atom stereocenters. The number of nitrogens with one attached hydrogen (secondary N) is 2. The lowest BCUT2D eigenvalue weighted by atomic mass is 10.1. The molecule has 10 nitrogen and oxygen atoms in total. The Morgan fingerprint density at radius 3 is 2.61 bits per heavy atom. The van der Waals surface area contributed by atoms with Crippen LogP contribution in [0.2, 0.25) is 0 Å². The molecule has 0 fully saturated rings. The van der Waals surface area contributed by atoms with Gasteiger partial charge in [-0.05, 0) is 48.9 Å². The van der Waals surface area contributed by atoms with Crippen LogP contribution in [0.25, 0.3) is 11.3 Å². The van der Waals surface area contributed by atoms with Gasteiger partial charge in [0.25, 0.3) is 11.8 Å². The predicted octanol–water partition coefficient (Wildman–Crippen LogP) is 1.60. The Labute approximate surface area is 191 Å². The molecule has 1 aromatic heterocycles. The summed E-state index contributed by atoms with van der Waals surface area (Å²) in [5, 5.41) is 6.17. The maximum Gasteiger partial charge on any atom is 0.291 e. The Hall–Kier alpha value is -4.12. The second kappa shape index (κ2) is 11.5. The zero-order valence-electron chi connectivity index (χ0n) is 17.6. The molecule has 0 aliphatic rings.